The van der Waals surface area contributed by atoms with Gasteiger partial charge in [-0.3, -0.25) is 9.11 Å². The molecule has 30 heavy (non-hydrogen) atoms. The van der Waals surface area contributed by atoms with Gasteiger partial charge in [-0.25, -0.2) is 0 Å². The molecule has 3 rings (SSSR count). The van der Waals surface area contributed by atoms with Crippen LogP contribution in [0.4, 0.5) is 17.1 Å². The Balaban J connectivity index is 2.26. The van der Waals surface area contributed by atoms with Crippen LogP contribution in [0.1, 0.15) is 5.56 Å². The summed E-state index contributed by atoms with van der Waals surface area (Å²) >= 11 is 6.01. The molecule has 0 amide bonds. The Kier molecular flexibility index (Phi) is 5.47. The number of nitrogen functional groups attached to an aromatic ring is 1. The predicted molar refractivity (Wildman–Crippen MR) is 110 cm³/mol. The number of phenols is 1. The van der Waals surface area contributed by atoms with Crippen LogP contribution in [0.2, 0.25) is 5.02 Å². The number of hydrogen-bond acceptors (Lipinski definition) is 8. The molecule has 13 heteroatoms. The monoisotopic (exact) mass is 471 g/mol. The number of rotatable bonds is 4. The normalized spacial score (nSPS) is 12.7. The zero-order valence-corrected chi connectivity index (χ0v) is 17.5. The number of fused-ring (bicyclic) bond motifs is 1. The van der Waals surface area contributed by atoms with Gasteiger partial charge in [0.05, 0.1) is 16.0 Å². The number of halogens is 1. The topological polar surface area (TPSA) is 180 Å². The second-order valence-corrected chi connectivity index (χ2v) is 9.48. The van der Waals surface area contributed by atoms with E-state index in [4.69, 9.17) is 17.3 Å². The fourth-order valence-corrected chi connectivity index (χ4v) is 4.09. The second kappa shape index (κ2) is 7.49. The first-order valence-electron chi connectivity index (χ1n) is 8.01. The van der Waals surface area contributed by atoms with Gasteiger partial charge in [-0.2, -0.15) is 16.8 Å². The van der Waals surface area contributed by atoms with Crippen LogP contribution in [0.5, 0.6) is 5.75 Å². The second-order valence-electron chi connectivity index (χ2n) is 6.26. The van der Waals surface area contributed by atoms with Gasteiger partial charge >= 0.3 is 0 Å². The van der Waals surface area contributed by atoms with E-state index in [1.807, 2.05) is 0 Å². The lowest BCUT2D eigenvalue weighted by atomic mass is 10.1. The van der Waals surface area contributed by atoms with Crippen molar-refractivity contribution in [2.24, 2.45) is 10.2 Å². The summed E-state index contributed by atoms with van der Waals surface area (Å²) in [7, 11) is -9.23. The van der Waals surface area contributed by atoms with Gasteiger partial charge in [0, 0.05) is 11.1 Å². The largest absolute Gasteiger partial charge is 0.507 e. The molecule has 0 aromatic heterocycles. The van der Waals surface area contributed by atoms with E-state index in [0.29, 0.717) is 5.56 Å². The van der Waals surface area contributed by atoms with Crippen molar-refractivity contribution in [2.75, 3.05) is 5.73 Å². The average Bonchev–Trinajstić information content (AvgIpc) is 2.61. The van der Waals surface area contributed by atoms with Crippen LogP contribution in [0.15, 0.2) is 56.4 Å². The molecule has 0 aliphatic carbocycles. The van der Waals surface area contributed by atoms with Crippen molar-refractivity contribution in [2.45, 2.75) is 16.7 Å². The van der Waals surface area contributed by atoms with Gasteiger partial charge in [0.2, 0.25) is 0 Å². The highest BCUT2D eigenvalue weighted by atomic mass is 35.5. The summed E-state index contributed by atoms with van der Waals surface area (Å²) in [5.41, 5.74) is 5.94. The minimum Gasteiger partial charge on any atom is -0.507 e. The van der Waals surface area contributed by atoms with Crippen molar-refractivity contribution in [3.63, 3.8) is 0 Å². The van der Waals surface area contributed by atoms with Crippen LogP contribution in [0.25, 0.3) is 10.8 Å². The van der Waals surface area contributed by atoms with E-state index < -0.39 is 35.8 Å². The first-order chi connectivity index (χ1) is 13.8. The fourth-order valence-electron chi connectivity index (χ4n) is 2.70. The molecular formula is C17H14ClN3O7S2. The average molecular weight is 472 g/mol. The van der Waals surface area contributed by atoms with Gasteiger partial charge in [-0.05, 0) is 42.1 Å². The molecule has 0 fully saturated rings. The Morgan fingerprint density at radius 1 is 0.967 bits per heavy atom. The molecule has 5 N–H and O–H groups in total. The zero-order chi connectivity index (χ0) is 22.4. The van der Waals surface area contributed by atoms with E-state index in [9.17, 15) is 31.0 Å². The van der Waals surface area contributed by atoms with Crippen molar-refractivity contribution >= 4 is 59.7 Å². The van der Waals surface area contributed by atoms with Gasteiger partial charge in [-0.15, -0.1) is 10.2 Å². The van der Waals surface area contributed by atoms with E-state index in [-0.39, 0.29) is 32.9 Å². The summed E-state index contributed by atoms with van der Waals surface area (Å²) in [5.74, 6) is -0.557. The van der Waals surface area contributed by atoms with E-state index in [1.54, 1.807) is 0 Å². The summed E-state index contributed by atoms with van der Waals surface area (Å²) in [5, 5.41) is 18.3. The molecule has 0 atom stereocenters. The molecule has 0 saturated heterocycles. The lowest BCUT2D eigenvalue weighted by molar-refractivity contribution is 0.471. The Morgan fingerprint density at radius 3 is 2.23 bits per heavy atom. The smallest absolute Gasteiger partial charge is 0.296 e. The standard InChI is InChI=1S/C17H14ClN3O7S2/c1-8-4-15(30(26,27)28)13(7-11(8)18)20-21-17-12(19)3-2-9-5-10(29(23,24)25)6-14(22)16(9)17/h2-7,22H,19H2,1H3,(H,23,24,25)(H,26,27,28). The summed E-state index contributed by atoms with van der Waals surface area (Å²) in [6.45, 7) is 1.53. The zero-order valence-electron chi connectivity index (χ0n) is 15.1. The molecule has 158 valence electrons. The van der Waals surface area contributed by atoms with Crippen LogP contribution < -0.4 is 5.73 Å². The Hall–Kier alpha value is -2.77. The van der Waals surface area contributed by atoms with E-state index in [0.717, 1.165) is 18.2 Å². The SMILES string of the molecule is Cc1cc(S(=O)(=O)O)c(N=Nc2c(N)ccc3cc(S(=O)(=O)O)cc(O)c23)cc1Cl. The van der Waals surface area contributed by atoms with Crippen molar-refractivity contribution < 1.29 is 31.0 Å². The molecule has 0 radical (unpaired) electrons. The highest BCUT2D eigenvalue weighted by Gasteiger charge is 2.19. The number of nitrogens with two attached hydrogens (primary N) is 1. The first-order valence-corrected chi connectivity index (χ1v) is 11.3. The van der Waals surface area contributed by atoms with Crippen LogP contribution >= 0.6 is 11.6 Å². The van der Waals surface area contributed by atoms with E-state index >= 15 is 0 Å². The minimum absolute atomic E-state index is 0.0118. The van der Waals surface area contributed by atoms with E-state index in [2.05, 4.69) is 10.2 Å². The summed E-state index contributed by atoms with van der Waals surface area (Å²) < 4.78 is 64.7. The molecule has 0 bridgehead atoms. The van der Waals surface area contributed by atoms with Gasteiger partial charge in [0.15, 0.2) is 0 Å². The van der Waals surface area contributed by atoms with Gasteiger partial charge in [0.1, 0.15) is 22.0 Å². The first kappa shape index (κ1) is 21.9. The maximum atomic E-state index is 11.7. The van der Waals surface area contributed by atoms with Gasteiger partial charge in [0.25, 0.3) is 20.2 Å². The predicted octanol–water partition coefficient (Wildman–Crippen LogP) is 4.00. The quantitative estimate of drug-likeness (QED) is 0.250. The highest BCUT2D eigenvalue weighted by molar-refractivity contribution is 7.86. The summed E-state index contributed by atoms with van der Waals surface area (Å²) in [6, 6.07) is 6.95. The third kappa shape index (κ3) is 4.22. The number of azo groups is 1. The van der Waals surface area contributed by atoms with Gasteiger partial charge in [-0.1, -0.05) is 17.7 Å². The van der Waals surface area contributed by atoms with Gasteiger partial charge < -0.3 is 10.8 Å². The molecule has 3 aromatic rings. The molecule has 0 aliphatic rings. The number of hydrogen-bond donors (Lipinski definition) is 4. The Bertz CT molecular complexity index is 1440. The fraction of sp³-hybridized carbons (Fsp3) is 0.0588. The lowest BCUT2D eigenvalue weighted by Gasteiger charge is -2.09. The van der Waals surface area contributed by atoms with E-state index in [1.165, 1.54) is 25.1 Å². The number of nitrogens with zero attached hydrogens (tertiary/aromatic N) is 2. The third-order valence-electron chi connectivity index (χ3n) is 4.15. The maximum Gasteiger partial charge on any atom is 0.296 e. The van der Waals surface area contributed by atoms with Crippen molar-refractivity contribution in [3.8, 4) is 5.75 Å². The van der Waals surface area contributed by atoms with Crippen LogP contribution in [0.3, 0.4) is 0 Å². The number of benzene rings is 3. The molecule has 0 heterocycles. The Labute approximate surface area is 176 Å². The van der Waals surface area contributed by atoms with Crippen LogP contribution in [0, 0.1) is 6.92 Å². The number of aromatic hydroxyl groups is 1. The molecule has 0 aliphatic heterocycles. The maximum absolute atomic E-state index is 11.7. The van der Waals surface area contributed by atoms with Crippen molar-refractivity contribution in [1.29, 1.82) is 0 Å². The number of aryl methyl sites for hydroxylation is 1. The third-order valence-corrected chi connectivity index (χ3v) is 6.27. The number of phenolic OH excluding ortho intramolecular Hbond substituents is 1. The molecule has 0 unspecified atom stereocenters. The lowest BCUT2D eigenvalue weighted by Crippen LogP contribution is -1.99. The number of anilines is 1. The van der Waals surface area contributed by atoms with Crippen molar-refractivity contribution in [1.82, 2.24) is 0 Å². The minimum atomic E-state index is -4.65. The molecule has 10 nitrogen and oxygen atoms in total. The molecule has 3 aromatic carbocycles. The van der Waals surface area contributed by atoms with Crippen molar-refractivity contribution in [3.05, 3.63) is 47.0 Å². The van der Waals surface area contributed by atoms with Crippen LogP contribution in [-0.4, -0.2) is 31.0 Å². The van der Waals surface area contributed by atoms with Crippen LogP contribution in [-0.2, 0) is 20.2 Å². The Morgan fingerprint density at radius 2 is 1.63 bits per heavy atom. The summed E-state index contributed by atoms with van der Waals surface area (Å²) in [4.78, 5) is -1.08. The molecule has 0 saturated carbocycles. The summed E-state index contributed by atoms with van der Waals surface area (Å²) in [6.07, 6.45) is 0. The molecule has 0 spiro atoms. The molecular weight excluding hydrogens is 458 g/mol. The highest BCUT2D eigenvalue weighted by Crippen LogP contribution is 2.41.